The van der Waals surface area contributed by atoms with Crippen molar-refractivity contribution in [2.75, 3.05) is 13.6 Å². The Labute approximate surface area is 116 Å². The molecule has 0 spiro atoms. The van der Waals surface area contributed by atoms with Crippen LogP contribution in [0.25, 0.3) is 0 Å². The molecular weight excluding hydrogens is 246 g/mol. The maximum atomic E-state index is 9.78. The van der Waals surface area contributed by atoms with Crippen molar-refractivity contribution in [3.05, 3.63) is 34.9 Å². The number of benzene rings is 1. The molecule has 0 aliphatic heterocycles. The van der Waals surface area contributed by atoms with Crippen molar-refractivity contribution >= 4 is 11.6 Å². The van der Waals surface area contributed by atoms with E-state index < -0.39 is 0 Å². The molecule has 0 aromatic heterocycles. The third kappa shape index (κ3) is 3.71. The lowest BCUT2D eigenvalue weighted by molar-refractivity contribution is 0.0322. The number of halogens is 1. The third-order valence-corrected chi connectivity index (χ3v) is 4.15. The lowest BCUT2D eigenvalue weighted by atomic mass is 9.86. The maximum Gasteiger partial charge on any atom is 0.0575 e. The summed E-state index contributed by atoms with van der Waals surface area (Å²) in [5.41, 5.74) is 0.993. The molecule has 2 atom stereocenters. The minimum atomic E-state index is -0.335. The van der Waals surface area contributed by atoms with Crippen molar-refractivity contribution in [3.63, 3.8) is 0 Å². The second kappa shape index (κ2) is 6.05. The summed E-state index contributed by atoms with van der Waals surface area (Å²) in [4.78, 5) is 2.23. The van der Waals surface area contributed by atoms with Gasteiger partial charge < -0.3 is 5.11 Å². The van der Waals surface area contributed by atoms with E-state index in [0.29, 0.717) is 0 Å². The van der Waals surface area contributed by atoms with Gasteiger partial charge in [0.2, 0.25) is 0 Å². The van der Waals surface area contributed by atoms with Crippen LogP contribution in [-0.4, -0.2) is 29.7 Å². The van der Waals surface area contributed by atoms with E-state index in [2.05, 4.69) is 38.8 Å². The summed E-state index contributed by atoms with van der Waals surface area (Å²) in [6.07, 6.45) is -0.335. The van der Waals surface area contributed by atoms with Crippen LogP contribution < -0.4 is 0 Å². The van der Waals surface area contributed by atoms with Crippen molar-refractivity contribution in [2.24, 2.45) is 5.41 Å². The number of rotatable bonds is 5. The zero-order chi connectivity index (χ0) is 13.9. The summed E-state index contributed by atoms with van der Waals surface area (Å²) >= 11 is 6.22. The Morgan fingerprint density at radius 2 is 1.83 bits per heavy atom. The summed E-state index contributed by atoms with van der Waals surface area (Å²) in [6.45, 7) is 8.95. The van der Waals surface area contributed by atoms with E-state index in [1.165, 1.54) is 0 Å². The Hall–Kier alpha value is -0.570. The van der Waals surface area contributed by atoms with Gasteiger partial charge in [-0.05, 0) is 32.5 Å². The molecule has 0 bridgehead atoms. The molecule has 18 heavy (non-hydrogen) atoms. The first-order valence-corrected chi connectivity index (χ1v) is 6.76. The molecule has 2 nitrogen and oxygen atoms in total. The van der Waals surface area contributed by atoms with Crippen LogP contribution in [0, 0.1) is 5.41 Å². The van der Waals surface area contributed by atoms with Crippen LogP contribution in [0.15, 0.2) is 24.3 Å². The van der Waals surface area contributed by atoms with Gasteiger partial charge in [0.25, 0.3) is 0 Å². The van der Waals surface area contributed by atoms with Crippen LogP contribution in [0.3, 0.4) is 0 Å². The Morgan fingerprint density at radius 1 is 1.28 bits per heavy atom. The van der Waals surface area contributed by atoms with Crippen LogP contribution in [-0.2, 0) is 0 Å². The minimum Gasteiger partial charge on any atom is -0.393 e. The van der Waals surface area contributed by atoms with Gasteiger partial charge in [-0.1, -0.05) is 43.6 Å². The molecule has 1 rings (SSSR count). The molecule has 2 unspecified atom stereocenters. The van der Waals surface area contributed by atoms with Gasteiger partial charge in [0.15, 0.2) is 0 Å². The first-order valence-electron chi connectivity index (χ1n) is 6.38. The number of hydrogen-bond acceptors (Lipinski definition) is 2. The lowest BCUT2D eigenvalue weighted by Gasteiger charge is -2.36. The molecule has 3 heteroatoms. The topological polar surface area (TPSA) is 23.5 Å². The van der Waals surface area contributed by atoms with Gasteiger partial charge in [0.1, 0.15) is 0 Å². The van der Waals surface area contributed by atoms with Crippen molar-refractivity contribution in [3.8, 4) is 0 Å². The number of aliphatic hydroxyl groups excluding tert-OH is 1. The summed E-state index contributed by atoms with van der Waals surface area (Å²) < 4.78 is 0. The highest BCUT2D eigenvalue weighted by atomic mass is 35.5. The molecule has 0 saturated heterocycles. The van der Waals surface area contributed by atoms with E-state index in [9.17, 15) is 5.11 Å². The van der Waals surface area contributed by atoms with E-state index in [0.717, 1.165) is 17.1 Å². The molecule has 1 N–H and O–H groups in total. The molecule has 0 aliphatic rings. The summed E-state index contributed by atoms with van der Waals surface area (Å²) in [6, 6.07) is 8.15. The molecule has 0 amide bonds. The summed E-state index contributed by atoms with van der Waals surface area (Å²) in [7, 11) is 2.07. The summed E-state index contributed by atoms with van der Waals surface area (Å²) in [5, 5.41) is 10.6. The second-order valence-corrected chi connectivity index (χ2v) is 6.18. The third-order valence-electron chi connectivity index (χ3n) is 3.80. The van der Waals surface area contributed by atoms with Gasteiger partial charge in [-0.3, -0.25) is 4.90 Å². The van der Waals surface area contributed by atoms with E-state index in [1.54, 1.807) is 0 Å². The lowest BCUT2D eigenvalue weighted by Crippen LogP contribution is -2.39. The highest BCUT2D eigenvalue weighted by Crippen LogP contribution is 2.30. The van der Waals surface area contributed by atoms with Crippen molar-refractivity contribution in [1.29, 1.82) is 0 Å². The fourth-order valence-electron chi connectivity index (χ4n) is 1.96. The van der Waals surface area contributed by atoms with Gasteiger partial charge >= 0.3 is 0 Å². The van der Waals surface area contributed by atoms with E-state index in [-0.39, 0.29) is 17.6 Å². The Kier molecular flexibility index (Phi) is 5.20. The average Bonchev–Trinajstić information content (AvgIpc) is 2.28. The van der Waals surface area contributed by atoms with Crippen LogP contribution in [0.4, 0.5) is 0 Å². The zero-order valence-electron chi connectivity index (χ0n) is 11.9. The predicted molar refractivity (Wildman–Crippen MR) is 78.0 cm³/mol. The number of aliphatic hydroxyl groups is 1. The monoisotopic (exact) mass is 269 g/mol. The van der Waals surface area contributed by atoms with Crippen molar-refractivity contribution in [2.45, 2.75) is 39.8 Å². The largest absolute Gasteiger partial charge is 0.393 e. The molecular formula is C15H24ClNO. The van der Waals surface area contributed by atoms with Gasteiger partial charge in [-0.15, -0.1) is 0 Å². The van der Waals surface area contributed by atoms with Crippen LogP contribution >= 0.6 is 11.6 Å². The standard InChI is InChI=1S/C15H24ClNO/c1-11(13-8-6-7-9-14(13)16)17(5)10-15(3,4)12(2)18/h6-9,11-12,18H,10H2,1-5H3. The van der Waals surface area contributed by atoms with E-state index >= 15 is 0 Å². The van der Waals surface area contributed by atoms with Crippen molar-refractivity contribution < 1.29 is 5.11 Å². The maximum absolute atomic E-state index is 9.78. The molecule has 0 heterocycles. The van der Waals surface area contributed by atoms with Crippen LogP contribution in [0.1, 0.15) is 39.3 Å². The normalized spacial score (nSPS) is 15.8. The Bertz CT molecular complexity index is 390. The fraction of sp³-hybridized carbons (Fsp3) is 0.600. The molecule has 1 aromatic carbocycles. The van der Waals surface area contributed by atoms with Crippen molar-refractivity contribution in [1.82, 2.24) is 4.90 Å². The first-order chi connectivity index (χ1) is 8.25. The number of nitrogens with zero attached hydrogens (tertiary/aromatic N) is 1. The highest BCUT2D eigenvalue weighted by molar-refractivity contribution is 6.31. The van der Waals surface area contributed by atoms with Gasteiger partial charge in [-0.2, -0.15) is 0 Å². The average molecular weight is 270 g/mol. The first kappa shape index (κ1) is 15.5. The Morgan fingerprint density at radius 3 is 2.33 bits per heavy atom. The van der Waals surface area contributed by atoms with E-state index in [1.807, 2.05) is 25.1 Å². The van der Waals surface area contributed by atoms with Gasteiger partial charge in [-0.25, -0.2) is 0 Å². The minimum absolute atomic E-state index is 0.135. The summed E-state index contributed by atoms with van der Waals surface area (Å²) in [5.74, 6) is 0. The molecule has 102 valence electrons. The SMILES string of the molecule is CC(c1ccccc1Cl)N(C)CC(C)(C)C(C)O. The highest BCUT2D eigenvalue weighted by Gasteiger charge is 2.28. The van der Waals surface area contributed by atoms with E-state index in [4.69, 9.17) is 11.6 Å². The van der Waals surface area contributed by atoms with Gasteiger partial charge in [0.05, 0.1) is 6.10 Å². The molecule has 0 aliphatic carbocycles. The van der Waals surface area contributed by atoms with Crippen LogP contribution in [0.2, 0.25) is 5.02 Å². The smallest absolute Gasteiger partial charge is 0.0575 e. The fourth-order valence-corrected chi connectivity index (χ4v) is 2.26. The predicted octanol–water partition coefficient (Wildman–Crippen LogP) is 3.74. The number of hydrogen-bond donors (Lipinski definition) is 1. The Balaban J connectivity index is 2.79. The van der Waals surface area contributed by atoms with Crippen LogP contribution in [0.5, 0.6) is 0 Å². The molecule has 0 saturated carbocycles. The molecule has 0 radical (unpaired) electrons. The second-order valence-electron chi connectivity index (χ2n) is 5.78. The van der Waals surface area contributed by atoms with Gasteiger partial charge in [0, 0.05) is 23.0 Å². The quantitative estimate of drug-likeness (QED) is 0.880. The zero-order valence-corrected chi connectivity index (χ0v) is 12.7. The molecule has 0 fully saturated rings. The molecule has 1 aromatic rings.